The van der Waals surface area contributed by atoms with Crippen molar-refractivity contribution in [2.45, 2.75) is 30.8 Å². The highest BCUT2D eigenvalue weighted by molar-refractivity contribution is 7.98. The number of nitrogen functional groups attached to an aromatic ring is 1. The van der Waals surface area contributed by atoms with E-state index in [1.807, 2.05) is 26.0 Å². The summed E-state index contributed by atoms with van der Waals surface area (Å²) >= 11 is 1.49. The van der Waals surface area contributed by atoms with Crippen molar-refractivity contribution in [3.63, 3.8) is 0 Å². The second kappa shape index (κ2) is 6.04. The van der Waals surface area contributed by atoms with Gasteiger partial charge in [0.05, 0.1) is 7.11 Å². The van der Waals surface area contributed by atoms with Gasteiger partial charge in [-0.2, -0.15) is 0 Å². The third-order valence-electron chi connectivity index (χ3n) is 2.78. The Morgan fingerprint density at radius 3 is 2.85 bits per heavy atom. The molecule has 0 aliphatic heterocycles. The van der Waals surface area contributed by atoms with Gasteiger partial charge in [0.15, 0.2) is 5.16 Å². The summed E-state index contributed by atoms with van der Waals surface area (Å²) in [7, 11) is 1.61. The number of nitrogens with zero attached hydrogens (tertiary/aromatic N) is 2. The highest BCUT2D eigenvalue weighted by atomic mass is 32.2. The number of hydrogen-bond acceptors (Lipinski definition) is 5. The first-order valence-corrected chi connectivity index (χ1v) is 7.23. The Hall–Kier alpha value is -1.89. The molecule has 0 fully saturated rings. The zero-order chi connectivity index (χ0) is 14.7. The molecule has 0 saturated carbocycles. The zero-order valence-corrected chi connectivity index (χ0v) is 12.5. The van der Waals surface area contributed by atoms with Crippen LogP contribution in [0.25, 0.3) is 0 Å². The van der Waals surface area contributed by atoms with Gasteiger partial charge in [0, 0.05) is 23.5 Å². The molecular weight excluding hydrogens is 276 g/mol. The molecule has 20 heavy (non-hydrogen) atoms. The number of nitrogens with two attached hydrogens (primary N) is 1. The lowest BCUT2D eigenvalue weighted by molar-refractivity contribution is 0.414. The number of ether oxygens (including phenoxy) is 1. The third kappa shape index (κ3) is 3.16. The normalized spacial score (nSPS) is 11.0. The van der Waals surface area contributed by atoms with Crippen molar-refractivity contribution in [2.24, 2.45) is 0 Å². The largest absolute Gasteiger partial charge is 0.497 e. The smallest absolute Gasteiger partial charge is 0.344 e. The zero-order valence-electron chi connectivity index (χ0n) is 11.7. The molecule has 0 saturated heterocycles. The molecule has 0 unspecified atom stereocenters. The van der Waals surface area contributed by atoms with Crippen LogP contribution < -0.4 is 16.2 Å². The summed E-state index contributed by atoms with van der Waals surface area (Å²) in [6, 6.07) is 5.65. The highest BCUT2D eigenvalue weighted by Gasteiger charge is 2.12. The maximum atomic E-state index is 11.6. The summed E-state index contributed by atoms with van der Waals surface area (Å²) in [5.41, 5.74) is 7.31. The van der Waals surface area contributed by atoms with Gasteiger partial charge in [0.25, 0.3) is 0 Å². The van der Waals surface area contributed by atoms with Crippen molar-refractivity contribution in [1.82, 2.24) is 14.8 Å². The van der Waals surface area contributed by atoms with Crippen LogP contribution in [-0.2, 0) is 5.75 Å². The van der Waals surface area contributed by atoms with Crippen molar-refractivity contribution in [2.75, 3.05) is 12.8 Å². The topological polar surface area (TPSA) is 85.9 Å². The van der Waals surface area contributed by atoms with Crippen LogP contribution >= 0.6 is 11.8 Å². The number of anilines is 1. The van der Waals surface area contributed by atoms with Gasteiger partial charge in [-0.1, -0.05) is 11.8 Å². The molecule has 7 heteroatoms. The first-order valence-electron chi connectivity index (χ1n) is 6.24. The predicted octanol–water partition coefficient (Wildman–Crippen LogP) is 2.04. The Labute approximate surface area is 121 Å². The van der Waals surface area contributed by atoms with E-state index in [1.165, 1.54) is 11.8 Å². The van der Waals surface area contributed by atoms with Gasteiger partial charge in [-0.05, 0) is 31.5 Å². The van der Waals surface area contributed by atoms with Gasteiger partial charge in [0.2, 0.25) is 0 Å². The van der Waals surface area contributed by atoms with Gasteiger partial charge in [0.1, 0.15) is 5.75 Å². The van der Waals surface area contributed by atoms with Gasteiger partial charge in [-0.15, -0.1) is 5.10 Å². The van der Waals surface area contributed by atoms with E-state index in [1.54, 1.807) is 17.7 Å². The van der Waals surface area contributed by atoms with Crippen LogP contribution in [0, 0.1) is 0 Å². The van der Waals surface area contributed by atoms with Crippen molar-refractivity contribution in [1.29, 1.82) is 0 Å². The number of aromatic amines is 1. The molecule has 6 nitrogen and oxygen atoms in total. The minimum Gasteiger partial charge on any atom is -0.497 e. The van der Waals surface area contributed by atoms with Gasteiger partial charge in [-0.25, -0.2) is 9.89 Å². The standard InChI is InChI=1S/C13H18N4O2S/c1-8(2)17-12(18)15-16-13(17)20-7-9-4-10(14)6-11(5-9)19-3/h4-6,8H,7,14H2,1-3H3,(H,15,18). The van der Waals surface area contributed by atoms with Crippen LogP contribution in [0.5, 0.6) is 5.75 Å². The number of thioether (sulfide) groups is 1. The maximum absolute atomic E-state index is 11.6. The SMILES string of the molecule is COc1cc(N)cc(CSc2n[nH]c(=O)n2C(C)C)c1. The number of H-pyrrole nitrogens is 1. The predicted molar refractivity (Wildman–Crippen MR) is 80.2 cm³/mol. The van der Waals surface area contributed by atoms with Crippen molar-refractivity contribution in [3.8, 4) is 5.75 Å². The van der Waals surface area contributed by atoms with Crippen LogP contribution in [0.3, 0.4) is 0 Å². The number of rotatable bonds is 5. The molecule has 1 aromatic heterocycles. The summed E-state index contributed by atoms with van der Waals surface area (Å²) < 4.78 is 6.82. The minimum atomic E-state index is -0.187. The first-order chi connectivity index (χ1) is 9.51. The Morgan fingerprint density at radius 2 is 2.20 bits per heavy atom. The van der Waals surface area contributed by atoms with E-state index in [0.29, 0.717) is 16.6 Å². The molecule has 3 N–H and O–H groups in total. The van der Waals surface area contributed by atoms with Crippen LogP contribution in [0.15, 0.2) is 28.2 Å². The maximum Gasteiger partial charge on any atom is 0.344 e. The molecule has 0 atom stereocenters. The van der Waals surface area contributed by atoms with Crippen LogP contribution in [0.4, 0.5) is 5.69 Å². The van der Waals surface area contributed by atoms with E-state index in [-0.39, 0.29) is 11.7 Å². The molecule has 108 valence electrons. The molecule has 0 spiro atoms. The van der Waals surface area contributed by atoms with Gasteiger partial charge < -0.3 is 10.5 Å². The average Bonchev–Trinajstić information content (AvgIpc) is 2.77. The molecule has 0 radical (unpaired) electrons. The summed E-state index contributed by atoms with van der Waals surface area (Å²) in [6.45, 7) is 3.90. The van der Waals surface area contributed by atoms with Crippen LogP contribution in [0.2, 0.25) is 0 Å². The fourth-order valence-electron chi connectivity index (χ4n) is 1.88. The Kier molecular flexibility index (Phi) is 4.39. The molecule has 1 heterocycles. The van der Waals surface area contributed by atoms with Crippen molar-refractivity contribution in [3.05, 3.63) is 34.2 Å². The van der Waals surface area contributed by atoms with Gasteiger partial charge in [-0.3, -0.25) is 4.57 Å². The fraction of sp³-hybridized carbons (Fsp3) is 0.385. The van der Waals surface area contributed by atoms with E-state index in [0.717, 1.165) is 11.3 Å². The summed E-state index contributed by atoms with van der Waals surface area (Å²) in [5.74, 6) is 1.39. The molecule has 0 amide bonds. The van der Waals surface area contributed by atoms with E-state index in [2.05, 4.69) is 10.2 Å². The minimum absolute atomic E-state index is 0.0686. The lowest BCUT2D eigenvalue weighted by Crippen LogP contribution is -2.19. The molecule has 0 aliphatic rings. The molecule has 2 aromatic rings. The van der Waals surface area contributed by atoms with Gasteiger partial charge >= 0.3 is 5.69 Å². The number of hydrogen-bond donors (Lipinski definition) is 2. The van der Waals surface area contributed by atoms with E-state index in [4.69, 9.17) is 10.5 Å². The summed E-state index contributed by atoms with van der Waals surface area (Å²) in [6.07, 6.45) is 0. The summed E-state index contributed by atoms with van der Waals surface area (Å²) in [5, 5.41) is 7.19. The first kappa shape index (κ1) is 14.5. The molecule has 1 aromatic carbocycles. The molecule has 0 aliphatic carbocycles. The summed E-state index contributed by atoms with van der Waals surface area (Å²) in [4.78, 5) is 11.6. The Bertz CT molecular complexity index is 648. The Morgan fingerprint density at radius 1 is 1.45 bits per heavy atom. The number of benzene rings is 1. The van der Waals surface area contributed by atoms with E-state index >= 15 is 0 Å². The molecule has 0 bridgehead atoms. The van der Waals surface area contributed by atoms with Crippen LogP contribution in [0.1, 0.15) is 25.5 Å². The molecule has 2 rings (SSSR count). The second-order valence-electron chi connectivity index (χ2n) is 4.68. The van der Waals surface area contributed by atoms with Crippen LogP contribution in [-0.4, -0.2) is 21.9 Å². The van der Waals surface area contributed by atoms with E-state index < -0.39 is 0 Å². The third-order valence-corrected chi connectivity index (χ3v) is 3.80. The lowest BCUT2D eigenvalue weighted by atomic mass is 10.2. The van der Waals surface area contributed by atoms with Crippen molar-refractivity contribution < 1.29 is 4.74 Å². The average molecular weight is 294 g/mol. The highest BCUT2D eigenvalue weighted by Crippen LogP contribution is 2.25. The Balaban J connectivity index is 2.17. The fourth-order valence-corrected chi connectivity index (χ4v) is 2.89. The van der Waals surface area contributed by atoms with Crippen molar-refractivity contribution >= 4 is 17.4 Å². The number of aromatic nitrogens is 3. The second-order valence-corrected chi connectivity index (χ2v) is 5.62. The monoisotopic (exact) mass is 294 g/mol. The molecular formula is C13H18N4O2S. The lowest BCUT2D eigenvalue weighted by Gasteiger charge is -2.09. The quantitative estimate of drug-likeness (QED) is 0.651. The number of nitrogens with one attached hydrogen (secondary N) is 1. The van der Waals surface area contributed by atoms with E-state index in [9.17, 15) is 4.79 Å². The number of methoxy groups -OCH3 is 1.